The van der Waals surface area contributed by atoms with Crippen LogP contribution in [0.25, 0.3) is 11.1 Å². The van der Waals surface area contributed by atoms with Crippen LogP contribution in [-0.4, -0.2) is 23.9 Å². The van der Waals surface area contributed by atoms with Crippen molar-refractivity contribution in [2.75, 3.05) is 14.2 Å². The minimum absolute atomic E-state index is 0.666. The summed E-state index contributed by atoms with van der Waals surface area (Å²) >= 11 is 6.29. The van der Waals surface area contributed by atoms with Crippen molar-refractivity contribution in [1.82, 2.24) is 15.1 Å². The van der Waals surface area contributed by atoms with E-state index in [0.717, 1.165) is 22.6 Å². The van der Waals surface area contributed by atoms with Crippen molar-refractivity contribution < 1.29 is 4.74 Å². The maximum Gasteiger partial charge on any atom is 0.120 e. The number of hydrogen-bond donors (Lipinski definition) is 1. The Bertz CT molecular complexity index is 551. The first-order valence-electron chi connectivity index (χ1n) is 5.66. The predicted molar refractivity (Wildman–Crippen MR) is 73.0 cm³/mol. The second-order valence-corrected chi connectivity index (χ2v) is 4.45. The quantitative estimate of drug-likeness (QED) is 0.923. The molecule has 4 nitrogen and oxygen atoms in total. The third kappa shape index (κ3) is 2.49. The highest BCUT2D eigenvalue weighted by atomic mass is 35.5. The normalized spacial score (nSPS) is 10.7. The Morgan fingerprint density at radius 2 is 2.17 bits per heavy atom. The molecular weight excluding hydrogens is 250 g/mol. The van der Waals surface area contributed by atoms with Crippen LogP contribution in [0.2, 0.25) is 5.02 Å². The van der Waals surface area contributed by atoms with Gasteiger partial charge < -0.3 is 10.1 Å². The minimum atomic E-state index is 0.666. The zero-order valence-electron chi connectivity index (χ0n) is 10.7. The van der Waals surface area contributed by atoms with Crippen molar-refractivity contribution in [2.45, 2.75) is 6.54 Å². The number of hydrogen-bond acceptors (Lipinski definition) is 3. The zero-order valence-corrected chi connectivity index (χ0v) is 11.5. The van der Waals surface area contributed by atoms with Gasteiger partial charge in [0.1, 0.15) is 5.75 Å². The molecule has 0 aliphatic rings. The van der Waals surface area contributed by atoms with E-state index in [4.69, 9.17) is 16.3 Å². The Kier molecular flexibility index (Phi) is 3.89. The number of aryl methyl sites for hydroxylation is 1. The van der Waals surface area contributed by atoms with Crippen LogP contribution in [0, 0.1) is 0 Å². The van der Waals surface area contributed by atoms with E-state index < -0.39 is 0 Å². The fourth-order valence-corrected chi connectivity index (χ4v) is 2.17. The molecule has 0 bridgehead atoms. The maximum absolute atomic E-state index is 6.29. The van der Waals surface area contributed by atoms with E-state index in [1.165, 1.54) is 0 Å². The van der Waals surface area contributed by atoms with Gasteiger partial charge in [-0.15, -0.1) is 0 Å². The Balaban J connectivity index is 2.47. The molecule has 1 heterocycles. The summed E-state index contributed by atoms with van der Waals surface area (Å²) in [6.07, 6.45) is 1.97. The van der Waals surface area contributed by atoms with Crippen LogP contribution < -0.4 is 10.1 Å². The molecule has 1 aromatic heterocycles. The lowest BCUT2D eigenvalue weighted by atomic mass is 10.1. The molecule has 0 fully saturated rings. The number of nitrogens with one attached hydrogen (secondary N) is 1. The van der Waals surface area contributed by atoms with Crippen LogP contribution in [-0.2, 0) is 13.6 Å². The van der Waals surface area contributed by atoms with Gasteiger partial charge in [-0.2, -0.15) is 5.10 Å². The first-order valence-corrected chi connectivity index (χ1v) is 6.04. The maximum atomic E-state index is 6.29. The van der Waals surface area contributed by atoms with Gasteiger partial charge in [-0.25, -0.2) is 0 Å². The van der Waals surface area contributed by atoms with Crippen LogP contribution in [0.1, 0.15) is 5.69 Å². The van der Waals surface area contributed by atoms with E-state index in [1.54, 1.807) is 11.8 Å². The highest BCUT2D eigenvalue weighted by Crippen LogP contribution is 2.32. The van der Waals surface area contributed by atoms with E-state index in [1.807, 2.05) is 38.5 Å². The second kappa shape index (κ2) is 5.42. The molecule has 0 unspecified atom stereocenters. The molecule has 2 aromatic rings. The molecule has 1 aromatic carbocycles. The highest BCUT2D eigenvalue weighted by molar-refractivity contribution is 6.33. The Hall–Kier alpha value is -1.52. The smallest absolute Gasteiger partial charge is 0.120 e. The molecule has 0 radical (unpaired) electrons. The van der Waals surface area contributed by atoms with Crippen molar-refractivity contribution in [3.63, 3.8) is 0 Å². The first-order chi connectivity index (χ1) is 8.65. The minimum Gasteiger partial charge on any atom is -0.497 e. The molecule has 0 aliphatic carbocycles. The Morgan fingerprint density at radius 3 is 2.78 bits per heavy atom. The molecule has 18 heavy (non-hydrogen) atoms. The average Bonchev–Trinajstić information content (AvgIpc) is 2.70. The Morgan fingerprint density at radius 1 is 1.39 bits per heavy atom. The largest absolute Gasteiger partial charge is 0.497 e. The lowest BCUT2D eigenvalue weighted by Crippen LogP contribution is -2.07. The summed E-state index contributed by atoms with van der Waals surface area (Å²) in [6.45, 7) is 0.707. The average molecular weight is 266 g/mol. The molecule has 5 heteroatoms. The van der Waals surface area contributed by atoms with Gasteiger partial charge in [0, 0.05) is 30.9 Å². The number of aromatic nitrogens is 2. The number of benzene rings is 1. The molecule has 0 saturated heterocycles. The lowest BCUT2D eigenvalue weighted by Gasteiger charge is -2.06. The topological polar surface area (TPSA) is 39.1 Å². The van der Waals surface area contributed by atoms with Gasteiger partial charge in [0.25, 0.3) is 0 Å². The number of halogens is 1. The summed E-state index contributed by atoms with van der Waals surface area (Å²) in [7, 11) is 5.43. The summed E-state index contributed by atoms with van der Waals surface area (Å²) in [5.74, 6) is 0.753. The van der Waals surface area contributed by atoms with Gasteiger partial charge in [-0.3, -0.25) is 4.68 Å². The SMILES string of the molecule is CNCc1nn(C)cc1-c1ccc(OC)cc1Cl. The van der Waals surface area contributed by atoms with E-state index in [9.17, 15) is 0 Å². The van der Waals surface area contributed by atoms with Crippen LogP contribution in [0.4, 0.5) is 0 Å². The summed E-state index contributed by atoms with van der Waals surface area (Å²) in [6, 6.07) is 5.67. The second-order valence-electron chi connectivity index (χ2n) is 4.04. The summed E-state index contributed by atoms with van der Waals surface area (Å²) < 4.78 is 6.95. The number of methoxy groups -OCH3 is 1. The fraction of sp³-hybridized carbons (Fsp3) is 0.308. The molecule has 0 amide bonds. The fourth-order valence-electron chi connectivity index (χ4n) is 1.90. The van der Waals surface area contributed by atoms with Gasteiger partial charge in [-0.1, -0.05) is 11.6 Å². The van der Waals surface area contributed by atoms with Crippen LogP contribution >= 0.6 is 11.6 Å². The molecule has 0 spiro atoms. The molecule has 1 N–H and O–H groups in total. The zero-order chi connectivity index (χ0) is 13.1. The summed E-state index contributed by atoms with van der Waals surface area (Å²) in [4.78, 5) is 0. The molecule has 96 valence electrons. The van der Waals surface area contributed by atoms with Crippen molar-refractivity contribution in [2.24, 2.45) is 7.05 Å². The number of ether oxygens (including phenoxy) is 1. The van der Waals surface area contributed by atoms with E-state index in [0.29, 0.717) is 11.6 Å². The van der Waals surface area contributed by atoms with E-state index in [-0.39, 0.29) is 0 Å². The predicted octanol–water partition coefficient (Wildman–Crippen LogP) is 2.47. The number of nitrogens with zero attached hydrogens (tertiary/aromatic N) is 2. The third-order valence-corrected chi connectivity index (χ3v) is 3.03. The lowest BCUT2D eigenvalue weighted by molar-refractivity contribution is 0.415. The van der Waals surface area contributed by atoms with Crippen molar-refractivity contribution in [3.8, 4) is 16.9 Å². The Labute approximate surface area is 112 Å². The van der Waals surface area contributed by atoms with Crippen LogP contribution in [0.5, 0.6) is 5.75 Å². The highest BCUT2D eigenvalue weighted by Gasteiger charge is 2.12. The molecular formula is C13H16ClN3O. The van der Waals surface area contributed by atoms with E-state index >= 15 is 0 Å². The van der Waals surface area contributed by atoms with Gasteiger partial charge in [-0.05, 0) is 25.2 Å². The van der Waals surface area contributed by atoms with Crippen LogP contribution in [0.15, 0.2) is 24.4 Å². The van der Waals surface area contributed by atoms with Crippen molar-refractivity contribution in [3.05, 3.63) is 35.1 Å². The van der Waals surface area contributed by atoms with Gasteiger partial charge in [0.15, 0.2) is 0 Å². The van der Waals surface area contributed by atoms with E-state index in [2.05, 4.69) is 10.4 Å². The first kappa shape index (κ1) is 12.9. The molecule has 0 atom stereocenters. The van der Waals surface area contributed by atoms with Gasteiger partial charge in [0.2, 0.25) is 0 Å². The van der Waals surface area contributed by atoms with Crippen molar-refractivity contribution in [1.29, 1.82) is 0 Å². The van der Waals surface area contributed by atoms with Gasteiger partial charge in [0.05, 0.1) is 17.8 Å². The number of rotatable bonds is 4. The monoisotopic (exact) mass is 265 g/mol. The summed E-state index contributed by atoms with van der Waals surface area (Å²) in [5, 5.41) is 8.20. The standard InChI is InChI=1S/C13H16ClN3O/c1-15-7-13-11(8-17(2)16-13)10-5-4-9(18-3)6-12(10)14/h4-6,8,15H,7H2,1-3H3. The van der Waals surface area contributed by atoms with Crippen LogP contribution in [0.3, 0.4) is 0 Å². The third-order valence-electron chi connectivity index (χ3n) is 2.72. The molecule has 0 saturated carbocycles. The van der Waals surface area contributed by atoms with Gasteiger partial charge >= 0.3 is 0 Å². The summed E-state index contributed by atoms with van der Waals surface area (Å²) in [5.41, 5.74) is 2.99. The molecule has 2 rings (SSSR count). The molecule has 0 aliphatic heterocycles. The van der Waals surface area contributed by atoms with Crippen molar-refractivity contribution >= 4 is 11.6 Å².